The number of nitrogens with one attached hydrogen (secondary N) is 1. The lowest BCUT2D eigenvalue weighted by atomic mass is 10.3. The Labute approximate surface area is 101 Å². The smallest absolute Gasteiger partial charge is 0.341 e. The Morgan fingerprint density at radius 2 is 2.00 bits per heavy atom. The minimum atomic E-state index is -1.19. The summed E-state index contributed by atoms with van der Waals surface area (Å²) in [6.45, 7) is 1.27. The van der Waals surface area contributed by atoms with E-state index in [-0.39, 0.29) is 17.3 Å². The van der Waals surface area contributed by atoms with Gasteiger partial charge in [0.1, 0.15) is 5.56 Å². The standard InChI is InChI=1S/C10H9N5O3/c1-6(16)14-8-7(9(17)18)5-13-15(8)10-11-3-2-4-12-10/h2-5H,1H3,(H,14,16)(H,17,18). The highest BCUT2D eigenvalue weighted by Crippen LogP contribution is 2.17. The third-order valence-electron chi connectivity index (χ3n) is 2.04. The van der Waals surface area contributed by atoms with Crippen LogP contribution in [0, 0.1) is 0 Å². The first-order valence-corrected chi connectivity index (χ1v) is 4.96. The van der Waals surface area contributed by atoms with Crippen LogP contribution in [0.3, 0.4) is 0 Å². The molecule has 92 valence electrons. The molecule has 0 fully saturated rings. The van der Waals surface area contributed by atoms with Crippen LogP contribution in [-0.2, 0) is 4.79 Å². The van der Waals surface area contributed by atoms with Gasteiger partial charge < -0.3 is 10.4 Å². The molecule has 0 aliphatic rings. The van der Waals surface area contributed by atoms with Crippen molar-refractivity contribution in [2.24, 2.45) is 0 Å². The van der Waals surface area contributed by atoms with E-state index >= 15 is 0 Å². The molecule has 0 unspecified atom stereocenters. The first-order valence-electron chi connectivity index (χ1n) is 4.96. The molecule has 8 heteroatoms. The van der Waals surface area contributed by atoms with Crippen LogP contribution in [0.15, 0.2) is 24.7 Å². The number of anilines is 1. The van der Waals surface area contributed by atoms with Crippen molar-refractivity contribution in [2.75, 3.05) is 5.32 Å². The highest BCUT2D eigenvalue weighted by Gasteiger charge is 2.19. The maximum Gasteiger partial charge on any atom is 0.341 e. The first-order chi connectivity index (χ1) is 8.59. The van der Waals surface area contributed by atoms with Crippen LogP contribution in [0.25, 0.3) is 5.95 Å². The third-order valence-corrected chi connectivity index (χ3v) is 2.04. The summed E-state index contributed by atoms with van der Waals surface area (Å²) >= 11 is 0. The van der Waals surface area contributed by atoms with Crippen LogP contribution in [-0.4, -0.2) is 36.7 Å². The number of amides is 1. The molecule has 2 rings (SSSR count). The summed E-state index contributed by atoms with van der Waals surface area (Å²) in [5.74, 6) is -1.40. The minimum Gasteiger partial charge on any atom is -0.477 e. The zero-order valence-electron chi connectivity index (χ0n) is 9.36. The number of rotatable bonds is 3. The predicted octanol–water partition coefficient (Wildman–Crippen LogP) is 0.319. The first kappa shape index (κ1) is 11.7. The molecule has 0 spiro atoms. The second-order valence-electron chi connectivity index (χ2n) is 3.35. The number of carboxylic acids is 1. The molecule has 2 heterocycles. The molecular weight excluding hydrogens is 238 g/mol. The average Bonchev–Trinajstić information content (AvgIpc) is 2.73. The van der Waals surface area contributed by atoms with Gasteiger partial charge in [0, 0.05) is 19.3 Å². The molecule has 18 heavy (non-hydrogen) atoms. The minimum absolute atomic E-state index is 0.0289. The van der Waals surface area contributed by atoms with Crippen LogP contribution in [0.4, 0.5) is 5.82 Å². The van der Waals surface area contributed by atoms with Crippen molar-refractivity contribution in [3.63, 3.8) is 0 Å². The number of hydrogen-bond donors (Lipinski definition) is 2. The molecule has 2 N–H and O–H groups in total. The SMILES string of the molecule is CC(=O)Nc1c(C(=O)O)cnn1-c1ncccn1. The van der Waals surface area contributed by atoms with Gasteiger partial charge in [0.05, 0.1) is 6.20 Å². The summed E-state index contributed by atoms with van der Waals surface area (Å²) < 4.78 is 1.16. The molecule has 1 amide bonds. The second kappa shape index (κ2) is 4.62. The number of carboxylic acid groups (broad SMARTS) is 1. The Bertz CT molecular complexity index is 593. The normalized spacial score (nSPS) is 10.1. The van der Waals surface area contributed by atoms with Gasteiger partial charge in [-0.3, -0.25) is 4.79 Å². The van der Waals surface area contributed by atoms with Gasteiger partial charge >= 0.3 is 5.97 Å². The van der Waals surface area contributed by atoms with Crippen molar-refractivity contribution in [1.29, 1.82) is 0 Å². The lowest BCUT2D eigenvalue weighted by Gasteiger charge is -2.06. The number of nitrogens with zero attached hydrogens (tertiary/aromatic N) is 4. The zero-order valence-corrected chi connectivity index (χ0v) is 9.36. The highest BCUT2D eigenvalue weighted by atomic mass is 16.4. The van der Waals surface area contributed by atoms with E-state index < -0.39 is 11.9 Å². The van der Waals surface area contributed by atoms with Gasteiger partial charge in [0.25, 0.3) is 5.95 Å². The average molecular weight is 247 g/mol. The van der Waals surface area contributed by atoms with Crippen molar-refractivity contribution in [1.82, 2.24) is 19.7 Å². The van der Waals surface area contributed by atoms with Crippen LogP contribution < -0.4 is 5.32 Å². The molecule has 2 aromatic rings. The van der Waals surface area contributed by atoms with Crippen molar-refractivity contribution >= 4 is 17.7 Å². The van der Waals surface area contributed by atoms with Gasteiger partial charge in [-0.05, 0) is 6.07 Å². The Kier molecular flexibility index (Phi) is 3.00. The van der Waals surface area contributed by atoms with E-state index in [1.54, 1.807) is 6.07 Å². The van der Waals surface area contributed by atoms with E-state index in [0.717, 1.165) is 10.9 Å². The molecule has 2 aromatic heterocycles. The van der Waals surface area contributed by atoms with E-state index in [1.165, 1.54) is 19.3 Å². The van der Waals surface area contributed by atoms with Gasteiger partial charge in [0.15, 0.2) is 5.82 Å². The van der Waals surface area contributed by atoms with Gasteiger partial charge in [-0.15, -0.1) is 0 Å². The van der Waals surface area contributed by atoms with Gasteiger partial charge in [-0.25, -0.2) is 14.8 Å². The lowest BCUT2D eigenvalue weighted by molar-refractivity contribution is -0.114. The van der Waals surface area contributed by atoms with Crippen LogP contribution >= 0.6 is 0 Å². The summed E-state index contributed by atoms with van der Waals surface area (Å²) in [4.78, 5) is 30.0. The number of hydrogen-bond acceptors (Lipinski definition) is 5. The summed E-state index contributed by atoms with van der Waals surface area (Å²) in [6.07, 6.45) is 4.11. The fourth-order valence-corrected chi connectivity index (χ4v) is 1.34. The van der Waals surface area contributed by atoms with E-state index in [4.69, 9.17) is 5.11 Å². The molecule has 0 aromatic carbocycles. The Morgan fingerprint density at radius 3 is 2.56 bits per heavy atom. The van der Waals surface area contributed by atoms with E-state index in [1.807, 2.05) is 0 Å². The van der Waals surface area contributed by atoms with Crippen molar-refractivity contribution in [3.05, 3.63) is 30.2 Å². The van der Waals surface area contributed by atoms with Crippen molar-refractivity contribution < 1.29 is 14.7 Å². The van der Waals surface area contributed by atoms with Gasteiger partial charge in [-0.2, -0.15) is 9.78 Å². The second-order valence-corrected chi connectivity index (χ2v) is 3.35. The number of carbonyl (C=O) groups excluding carboxylic acids is 1. The summed E-state index contributed by atoms with van der Waals surface area (Å²) in [5.41, 5.74) is -0.127. The van der Waals surface area contributed by atoms with Crippen molar-refractivity contribution in [3.8, 4) is 5.95 Å². The van der Waals surface area contributed by atoms with Gasteiger partial charge in [-0.1, -0.05) is 0 Å². The van der Waals surface area contributed by atoms with E-state index in [0.29, 0.717) is 0 Å². The van der Waals surface area contributed by atoms with Crippen LogP contribution in [0.1, 0.15) is 17.3 Å². The topological polar surface area (TPSA) is 110 Å². The molecule has 8 nitrogen and oxygen atoms in total. The Hall–Kier alpha value is -2.77. The Balaban J connectivity index is 2.54. The number of aromatic nitrogens is 4. The van der Waals surface area contributed by atoms with E-state index in [2.05, 4.69) is 20.4 Å². The molecule has 0 atom stereocenters. The molecular formula is C10H9N5O3. The lowest BCUT2D eigenvalue weighted by Crippen LogP contribution is -2.15. The highest BCUT2D eigenvalue weighted by molar-refractivity contribution is 5.98. The summed E-state index contributed by atoms with van der Waals surface area (Å²) in [6, 6.07) is 1.61. The molecule has 0 aliphatic heterocycles. The molecule has 0 saturated carbocycles. The molecule has 0 saturated heterocycles. The number of aromatic carboxylic acids is 1. The fraction of sp³-hybridized carbons (Fsp3) is 0.100. The quantitative estimate of drug-likeness (QED) is 0.808. The maximum absolute atomic E-state index is 11.1. The third kappa shape index (κ3) is 2.17. The molecule has 0 radical (unpaired) electrons. The predicted molar refractivity (Wildman–Crippen MR) is 60.4 cm³/mol. The Morgan fingerprint density at radius 1 is 1.33 bits per heavy atom. The fourth-order valence-electron chi connectivity index (χ4n) is 1.34. The number of carbonyl (C=O) groups is 2. The van der Waals surface area contributed by atoms with Crippen LogP contribution in [0.5, 0.6) is 0 Å². The summed E-state index contributed by atoms with van der Waals surface area (Å²) in [5, 5.41) is 15.3. The summed E-state index contributed by atoms with van der Waals surface area (Å²) in [7, 11) is 0. The maximum atomic E-state index is 11.1. The van der Waals surface area contributed by atoms with Crippen molar-refractivity contribution in [2.45, 2.75) is 6.92 Å². The van der Waals surface area contributed by atoms with E-state index in [9.17, 15) is 9.59 Å². The monoisotopic (exact) mass is 247 g/mol. The van der Waals surface area contributed by atoms with Crippen LogP contribution in [0.2, 0.25) is 0 Å². The van der Waals surface area contributed by atoms with Gasteiger partial charge in [0.2, 0.25) is 5.91 Å². The zero-order chi connectivity index (χ0) is 13.1. The molecule has 0 aliphatic carbocycles. The molecule has 0 bridgehead atoms. The largest absolute Gasteiger partial charge is 0.477 e.